The van der Waals surface area contributed by atoms with Crippen molar-refractivity contribution in [2.45, 2.75) is 19.4 Å². The van der Waals surface area contributed by atoms with Crippen LogP contribution in [0.3, 0.4) is 0 Å². The molecule has 0 unspecified atom stereocenters. The maximum Gasteiger partial charge on any atom is 0.251 e. The predicted octanol–water partition coefficient (Wildman–Crippen LogP) is 1.14. The summed E-state index contributed by atoms with van der Waals surface area (Å²) >= 11 is 0. The molecule has 19 heavy (non-hydrogen) atoms. The van der Waals surface area contributed by atoms with Gasteiger partial charge < -0.3 is 16.0 Å². The quantitative estimate of drug-likeness (QED) is 0.745. The van der Waals surface area contributed by atoms with E-state index in [1.807, 2.05) is 24.3 Å². The minimum atomic E-state index is -0.0331. The number of rotatable bonds is 5. The molecule has 1 aromatic carbocycles. The second-order valence-corrected chi connectivity index (χ2v) is 5.10. The molecule has 0 atom stereocenters. The van der Waals surface area contributed by atoms with Crippen LogP contribution >= 0.6 is 0 Å². The van der Waals surface area contributed by atoms with Crippen LogP contribution in [0.1, 0.15) is 28.8 Å². The van der Waals surface area contributed by atoms with Crippen molar-refractivity contribution in [3.8, 4) is 0 Å². The van der Waals surface area contributed by atoms with Crippen LogP contribution in [0.15, 0.2) is 24.3 Å². The van der Waals surface area contributed by atoms with Crippen LogP contribution in [0, 0.1) is 5.92 Å². The second kappa shape index (κ2) is 7.26. The molecule has 0 radical (unpaired) electrons. The van der Waals surface area contributed by atoms with Crippen LogP contribution in [0.5, 0.6) is 0 Å². The maximum absolute atomic E-state index is 11.4. The number of hydrogen-bond acceptors (Lipinski definition) is 3. The van der Waals surface area contributed by atoms with E-state index in [2.05, 4.69) is 16.0 Å². The largest absolute Gasteiger partial charge is 0.355 e. The van der Waals surface area contributed by atoms with Crippen molar-refractivity contribution in [2.24, 2.45) is 5.92 Å². The van der Waals surface area contributed by atoms with Gasteiger partial charge in [0, 0.05) is 19.2 Å². The van der Waals surface area contributed by atoms with E-state index in [0.717, 1.165) is 32.1 Å². The molecule has 1 aromatic rings. The van der Waals surface area contributed by atoms with Crippen LogP contribution in [-0.4, -0.2) is 32.6 Å². The summed E-state index contributed by atoms with van der Waals surface area (Å²) in [5.41, 5.74) is 1.94. The van der Waals surface area contributed by atoms with Gasteiger partial charge in [0.1, 0.15) is 0 Å². The lowest BCUT2D eigenvalue weighted by Gasteiger charge is -2.22. The fourth-order valence-electron chi connectivity index (χ4n) is 2.42. The van der Waals surface area contributed by atoms with Gasteiger partial charge in [0.05, 0.1) is 0 Å². The SMILES string of the molecule is CNC(=O)c1ccc(CNCC2CCNCC2)cc1. The first-order chi connectivity index (χ1) is 9.29. The Bertz CT molecular complexity index is 396. The number of carbonyl (C=O) groups is 1. The smallest absolute Gasteiger partial charge is 0.251 e. The van der Waals surface area contributed by atoms with Gasteiger partial charge in [-0.1, -0.05) is 12.1 Å². The monoisotopic (exact) mass is 261 g/mol. The second-order valence-electron chi connectivity index (χ2n) is 5.10. The number of hydrogen-bond donors (Lipinski definition) is 3. The molecule has 3 N–H and O–H groups in total. The van der Waals surface area contributed by atoms with Crippen molar-refractivity contribution in [1.29, 1.82) is 0 Å². The molecule has 4 heteroatoms. The Morgan fingerprint density at radius 3 is 2.58 bits per heavy atom. The van der Waals surface area contributed by atoms with Gasteiger partial charge in [-0.2, -0.15) is 0 Å². The van der Waals surface area contributed by atoms with Crippen molar-refractivity contribution in [3.63, 3.8) is 0 Å². The highest BCUT2D eigenvalue weighted by Crippen LogP contribution is 2.10. The summed E-state index contributed by atoms with van der Waals surface area (Å²) in [6.07, 6.45) is 2.53. The number of carbonyl (C=O) groups excluding carboxylic acids is 1. The van der Waals surface area contributed by atoms with Gasteiger partial charge in [0.15, 0.2) is 0 Å². The summed E-state index contributed by atoms with van der Waals surface area (Å²) in [6.45, 7) is 4.25. The van der Waals surface area contributed by atoms with Gasteiger partial charge in [-0.3, -0.25) is 4.79 Å². The van der Waals surface area contributed by atoms with E-state index in [4.69, 9.17) is 0 Å². The maximum atomic E-state index is 11.4. The first-order valence-electron chi connectivity index (χ1n) is 7.02. The summed E-state index contributed by atoms with van der Waals surface area (Å²) in [6, 6.07) is 7.78. The third-order valence-electron chi connectivity index (χ3n) is 3.66. The van der Waals surface area contributed by atoms with Crippen LogP contribution in [0.25, 0.3) is 0 Å². The number of piperidine rings is 1. The molecule has 1 fully saturated rings. The van der Waals surface area contributed by atoms with Crippen LogP contribution in [-0.2, 0) is 6.54 Å². The molecule has 4 nitrogen and oxygen atoms in total. The lowest BCUT2D eigenvalue weighted by molar-refractivity contribution is 0.0963. The topological polar surface area (TPSA) is 53.2 Å². The summed E-state index contributed by atoms with van der Waals surface area (Å²) in [7, 11) is 1.65. The molecule has 0 saturated carbocycles. The Morgan fingerprint density at radius 1 is 1.26 bits per heavy atom. The highest BCUT2D eigenvalue weighted by molar-refractivity contribution is 5.93. The molecule has 1 aliphatic heterocycles. The molecule has 2 rings (SSSR count). The van der Waals surface area contributed by atoms with Crippen molar-refractivity contribution in [3.05, 3.63) is 35.4 Å². The number of benzene rings is 1. The van der Waals surface area contributed by atoms with Crippen LogP contribution < -0.4 is 16.0 Å². The first kappa shape index (κ1) is 14.0. The molecule has 0 aliphatic carbocycles. The number of nitrogens with one attached hydrogen (secondary N) is 3. The zero-order chi connectivity index (χ0) is 13.5. The molecule has 1 aliphatic rings. The Balaban J connectivity index is 1.75. The van der Waals surface area contributed by atoms with Crippen molar-refractivity contribution in [2.75, 3.05) is 26.7 Å². The average molecular weight is 261 g/mol. The van der Waals surface area contributed by atoms with Crippen LogP contribution in [0.2, 0.25) is 0 Å². The Morgan fingerprint density at radius 2 is 1.95 bits per heavy atom. The molecule has 0 spiro atoms. The first-order valence-corrected chi connectivity index (χ1v) is 7.02. The molecule has 104 valence electrons. The summed E-state index contributed by atoms with van der Waals surface area (Å²) in [5, 5.41) is 9.51. The third kappa shape index (κ3) is 4.33. The summed E-state index contributed by atoms with van der Waals surface area (Å²) in [5.74, 6) is 0.764. The molecule has 0 bridgehead atoms. The van der Waals surface area contributed by atoms with E-state index >= 15 is 0 Å². The van der Waals surface area contributed by atoms with E-state index in [-0.39, 0.29) is 5.91 Å². The normalized spacial score (nSPS) is 16.3. The van der Waals surface area contributed by atoms with Gasteiger partial charge in [0.2, 0.25) is 0 Å². The molecular weight excluding hydrogens is 238 g/mol. The molecular formula is C15H23N3O. The zero-order valence-electron chi connectivity index (χ0n) is 11.5. The fourth-order valence-corrected chi connectivity index (χ4v) is 2.42. The highest BCUT2D eigenvalue weighted by atomic mass is 16.1. The van der Waals surface area contributed by atoms with Gasteiger partial charge in [0.25, 0.3) is 5.91 Å². The number of amides is 1. The molecule has 0 aromatic heterocycles. The lowest BCUT2D eigenvalue weighted by atomic mass is 9.98. The van der Waals surface area contributed by atoms with E-state index in [1.165, 1.54) is 18.4 Å². The minimum Gasteiger partial charge on any atom is -0.355 e. The van der Waals surface area contributed by atoms with E-state index in [0.29, 0.717) is 5.56 Å². The third-order valence-corrected chi connectivity index (χ3v) is 3.66. The zero-order valence-corrected chi connectivity index (χ0v) is 11.5. The van der Waals surface area contributed by atoms with Gasteiger partial charge >= 0.3 is 0 Å². The Labute approximate surface area is 115 Å². The van der Waals surface area contributed by atoms with Gasteiger partial charge in [-0.05, 0) is 56.1 Å². The predicted molar refractivity (Wildman–Crippen MR) is 77.1 cm³/mol. The van der Waals surface area contributed by atoms with Crippen molar-refractivity contribution in [1.82, 2.24) is 16.0 Å². The Kier molecular flexibility index (Phi) is 5.36. The fraction of sp³-hybridized carbons (Fsp3) is 0.533. The standard InChI is InChI=1S/C15H23N3O/c1-16-15(19)14-4-2-12(3-5-14)10-18-11-13-6-8-17-9-7-13/h2-5,13,17-18H,6-11H2,1H3,(H,16,19). The minimum absolute atomic E-state index is 0.0331. The van der Waals surface area contributed by atoms with Crippen molar-refractivity contribution < 1.29 is 4.79 Å². The molecule has 1 heterocycles. The Hall–Kier alpha value is -1.39. The van der Waals surface area contributed by atoms with Crippen molar-refractivity contribution >= 4 is 5.91 Å². The molecule has 1 amide bonds. The summed E-state index contributed by atoms with van der Waals surface area (Å²) in [4.78, 5) is 11.4. The van der Waals surface area contributed by atoms with E-state index in [1.54, 1.807) is 7.05 Å². The molecule has 1 saturated heterocycles. The van der Waals surface area contributed by atoms with E-state index < -0.39 is 0 Å². The van der Waals surface area contributed by atoms with Gasteiger partial charge in [-0.25, -0.2) is 0 Å². The highest BCUT2D eigenvalue weighted by Gasteiger charge is 2.11. The van der Waals surface area contributed by atoms with E-state index in [9.17, 15) is 4.79 Å². The average Bonchev–Trinajstić information content (AvgIpc) is 2.48. The van der Waals surface area contributed by atoms with Gasteiger partial charge in [-0.15, -0.1) is 0 Å². The summed E-state index contributed by atoms with van der Waals surface area (Å²) < 4.78 is 0. The van der Waals surface area contributed by atoms with Crippen LogP contribution in [0.4, 0.5) is 0 Å². The lowest BCUT2D eigenvalue weighted by Crippen LogP contribution is -2.33.